The molecule has 3 heteroatoms. The van der Waals surface area contributed by atoms with E-state index in [0.29, 0.717) is 12.1 Å². The van der Waals surface area contributed by atoms with Crippen molar-refractivity contribution < 1.29 is 0 Å². The third kappa shape index (κ3) is 3.61. The molecule has 1 aliphatic heterocycles. The molecular formula is C18H27ClN2. The molecule has 0 spiro atoms. The second-order valence-electron chi connectivity index (χ2n) is 6.67. The predicted octanol–water partition coefficient (Wildman–Crippen LogP) is 4.30. The summed E-state index contributed by atoms with van der Waals surface area (Å²) in [5.41, 5.74) is 1.22. The molecule has 1 saturated carbocycles. The van der Waals surface area contributed by atoms with Crippen LogP contribution in [0.2, 0.25) is 5.02 Å². The van der Waals surface area contributed by atoms with Crippen LogP contribution in [0, 0.1) is 5.92 Å². The van der Waals surface area contributed by atoms with Crippen LogP contribution in [0.3, 0.4) is 0 Å². The summed E-state index contributed by atoms with van der Waals surface area (Å²) in [7, 11) is 0. The molecule has 1 aromatic rings. The molecule has 2 nitrogen and oxygen atoms in total. The first kappa shape index (κ1) is 15.3. The Morgan fingerprint density at radius 1 is 1.14 bits per heavy atom. The van der Waals surface area contributed by atoms with Gasteiger partial charge in [0.05, 0.1) is 0 Å². The van der Waals surface area contributed by atoms with Gasteiger partial charge in [0.25, 0.3) is 0 Å². The summed E-state index contributed by atoms with van der Waals surface area (Å²) in [4.78, 5) is 0. The Labute approximate surface area is 133 Å². The average molecular weight is 307 g/mol. The van der Waals surface area contributed by atoms with Crippen LogP contribution in [-0.4, -0.2) is 18.6 Å². The van der Waals surface area contributed by atoms with Crippen LogP contribution in [0.1, 0.15) is 57.1 Å². The van der Waals surface area contributed by atoms with Crippen molar-refractivity contribution in [2.45, 2.75) is 63.6 Å². The zero-order valence-electron chi connectivity index (χ0n) is 12.9. The van der Waals surface area contributed by atoms with Gasteiger partial charge in [-0.05, 0) is 56.7 Å². The van der Waals surface area contributed by atoms with Gasteiger partial charge in [0.1, 0.15) is 0 Å². The van der Waals surface area contributed by atoms with E-state index in [4.69, 9.17) is 11.6 Å². The average Bonchev–Trinajstić information content (AvgIpc) is 2.96. The van der Waals surface area contributed by atoms with Gasteiger partial charge in [-0.3, -0.25) is 0 Å². The molecule has 4 unspecified atom stereocenters. The second kappa shape index (κ2) is 7.13. The van der Waals surface area contributed by atoms with Crippen LogP contribution in [0.15, 0.2) is 24.3 Å². The van der Waals surface area contributed by atoms with Crippen LogP contribution in [-0.2, 0) is 0 Å². The molecule has 1 aromatic carbocycles. The molecule has 0 bridgehead atoms. The number of rotatable bonds is 4. The first-order valence-electron chi connectivity index (χ1n) is 8.49. The van der Waals surface area contributed by atoms with E-state index in [0.717, 1.165) is 17.0 Å². The quantitative estimate of drug-likeness (QED) is 0.866. The zero-order chi connectivity index (χ0) is 14.7. The van der Waals surface area contributed by atoms with E-state index in [1.54, 1.807) is 0 Å². The topological polar surface area (TPSA) is 24.1 Å². The van der Waals surface area contributed by atoms with E-state index < -0.39 is 0 Å². The Bertz CT molecular complexity index is 456. The Morgan fingerprint density at radius 3 is 2.76 bits per heavy atom. The Morgan fingerprint density at radius 2 is 2.00 bits per heavy atom. The molecule has 0 amide bonds. The van der Waals surface area contributed by atoms with E-state index in [9.17, 15) is 0 Å². The molecule has 2 fully saturated rings. The largest absolute Gasteiger partial charge is 0.314 e. The molecule has 21 heavy (non-hydrogen) atoms. The summed E-state index contributed by atoms with van der Waals surface area (Å²) in [6, 6.07) is 9.89. The zero-order valence-corrected chi connectivity index (χ0v) is 13.7. The molecule has 2 aliphatic rings. The number of halogens is 1. The van der Waals surface area contributed by atoms with E-state index in [1.165, 1.54) is 50.6 Å². The predicted molar refractivity (Wildman–Crippen MR) is 89.8 cm³/mol. The standard InChI is InChI=1S/C18H27ClN2/c1-13(14-7-2-3-9-16(14)19)21-18-11-6-8-15(18)17-10-4-5-12-20-17/h2-3,7,9,13,15,17-18,20-21H,4-6,8,10-12H2,1H3. The highest BCUT2D eigenvalue weighted by atomic mass is 35.5. The maximum absolute atomic E-state index is 6.34. The Kier molecular flexibility index (Phi) is 5.20. The van der Waals surface area contributed by atoms with E-state index in [2.05, 4.69) is 29.7 Å². The monoisotopic (exact) mass is 306 g/mol. The highest BCUT2D eigenvalue weighted by Gasteiger charge is 2.34. The summed E-state index contributed by atoms with van der Waals surface area (Å²) in [5, 5.41) is 8.49. The van der Waals surface area contributed by atoms with Gasteiger partial charge in [-0.2, -0.15) is 0 Å². The van der Waals surface area contributed by atoms with Crippen molar-refractivity contribution in [3.8, 4) is 0 Å². The number of piperidine rings is 1. The van der Waals surface area contributed by atoms with Gasteiger partial charge in [0.2, 0.25) is 0 Å². The van der Waals surface area contributed by atoms with Gasteiger partial charge < -0.3 is 10.6 Å². The van der Waals surface area contributed by atoms with Crippen molar-refractivity contribution in [1.82, 2.24) is 10.6 Å². The molecule has 116 valence electrons. The summed E-state index contributed by atoms with van der Waals surface area (Å²) in [6.45, 7) is 3.44. The molecule has 1 heterocycles. The minimum absolute atomic E-state index is 0.327. The fourth-order valence-electron chi connectivity index (χ4n) is 4.16. The molecule has 0 radical (unpaired) electrons. The van der Waals surface area contributed by atoms with Crippen molar-refractivity contribution in [2.24, 2.45) is 5.92 Å². The normalized spacial score (nSPS) is 31.2. The minimum Gasteiger partial charge on any atom is -0.314 e. The number of benzene rings is 1. The summed E-state index contributed by atoms with van der Waals surface area (Å²) in [6.07, 6.45) is 8.11. The second-order valence-corrected chi connectivity index (χ2v) is 7.07. The lowest BCUT2D eigenvalue weighted by atomic mass is 9.88. The lowest BCUT2D eigenvalue weighted by Crippen LogP contribution is -2.47. The fourth-order valence-corrected chi connectivity index (χ4v) is 4.46. The van der Waals surface area contributed by atoms with Gasteiger partial charge in [0.15, 0.2) is 0 Å². The number of hydrogen-bond donors (Lipinski definition) is 2. The van der Waals surface area contributed by atoms with E-state index in [-0.39, 0.29) is 0 Å². The first-order chi connectivity index (χ1) is 10.3. The van der Waals surface area contributed by atoms with Crippen molar-refractivity contribution in [2.75, 3.05) is 6.54 Å². The number of hydrogen-bond acceptors (Lipinski definition) is 2. The van der Waals surface area contributed by atoms with Gasteiger partial charge >= 0.3 is 0 Å². The lowest BCUT2D eigenvalue weighted by molar-refractivity contribution is 0.248. The molecule has 0 aromatic heterocycles. The highest BCUT2D eigenvalue weighted by Crippen LogP contribution is 2.34. The SMILES string of the molecule is CC(NC1CCCC1C1CCCCN1)c1ccccc1Cl. The molecule has 4 atom stereocenters. The molecule has 2 N–H and O–H groups in total. The third-order valence-corrected chi connectivity index (χ3v) is 5.61. The van der Waals surface area contributed by atoms with E-state index >= 15 is 0 Å². The van der Waals surface area contributed by atoms with Gasteiger partial charge in [-0.1, -0.05) is 42.6 Å². The molecule has 1 saturated heterocycles. The van der Waals surface area contributed by atoms with Gasteiger partial charge in [-0.15, -0.1) is 0 Å². The van der Waals surface area contributed by atoms with Gasteiger partial charge in [-0.25, -0.2) is 0 Å². The van der Waals surface area contributed by atoms with Crippen molar-refractivity contribution >= 4 is 11.6 Å². The van der Waals surface area contributed by atoms with Crippen LogP contribution in [0.4, 0.5) is 0 Å². The first-order valence-corrected chi connectivity index (χ1v) is 8.87. The third-order valence-electron chi connectivity index (χ3n) is 5.27. The molecule has 3 rings (SSSR count). The van der Waals surface area contributed by atoms with Gasteiger partial charge in [0, 0.05) is 23.1 Å². The van der Waals surface area contributed by atoms with E-state index in [1.807, 2.05) is 12.1 Å². The van der Waals surface area contributed by atoms with Crippen molar-refractivity contribution in [3.63, 3.8) is 0 Å². The van der Waals surface area contributed by atoms with Crippen LogP contribution >= 0.6 is 11.6 Å². The fraction of sp³-hybridized carbons (Fsp3) is 0.667. The van der Waals surface area contributed by atoms with Crippen LogP contribution in [0.25, 0.3) is 0 Å². The van der Waals surface area contributed by atoms with Crippen LogP contribution in [0.5, 0.6) is 0 Å². The summed E-state index contributed by atoms with van der Waals surface area (Å²) < 4.78 is 0. The number of nitrogens with one attached hydrogen (secondary N) is 2. The maximum Gasteiger partial charge on any atom is 0.0453 e. The minimum atomic E-state index is 0.327. The smallest absolute Gasteiger partial charge is 0.0453 e. The molecular weight excluding hydrogens is 280 g/mol. The lowest BCUT2D eigenvalue weighted by Gasteiger charge is -2.34. The Hall–Kier alpha value is -0.570. The van der Waals surface area contributed by atoms with Crippen molar-refractivity contribution in [3.05, 3.63) is 34.9 Å². The summed E-state index contributed by atoms with van der Waals surface area (Å²) in [5.74, 6) is 0.787. The highest BCUT2D eigenvalue weighted by molar-refractivity contribution is 6.31. The molecule has 1 aliphatic carbocycles. The van der Waals surface area contributed by atoms with Crippen molar-refractivity contribution in [1.29, 1.82) is 0 Å². The van der Waals surface area contributed by atoms with Crippen LogP contribution < -0.4 is 10.6 Å². The Balaban J connectivity index is 1.64. The maximum atomic E-state index is 6.34. The summed E-state index contributed by atoms with van der Waals surface area (Å²) >= 11 is 6.34.